The van der Waals surface area contributed by atoms with Crippen LogP contribution < -0.4 is 5.32 Å². The second kappa shape index (κ2) is 15.3. The Balaban J connectivity index is 1.53. The third kappa shape index (κ3) is 8.42. The summed E-state index contributed by atoms with van der Waals surface area (Å²) in [5, 5.41) is 2.60. The average molecular weight is 627 g/mol. The van der Waals surface area contributed by atoms with Crippen molar-refractivity contribution in [1.29, 1.82) is 0 Å². The standard InChI is InChI=1S/C31H34N2O12/c1-18(34)41-17-24-26(43-19(2)35)27(44-20(3)36)25(33-28(37)22-12-7-8-13-23(22)29(33)38)30(45-24)40-15-9-14-32-31(39)42-16-21-10-5-4-6-11-21/h4-8,10-13,24-27,30H,9,14-17H2,1-3H3,(H,32,39)/t24-,25-,26-,27-,30-/m1/s1. The van der Waals surface area contributed by atoms with Gasteiger partial charge in [-0.2, -0.15) is 0 Å². The number of nitrogens with one attached hydrogen (secondary N) is 1. The van der Waals surface area contributed by atoms with E-state index in [1.165, 1.54) is 19.1 Å². The number of alkyl carbamates (subject to hydrolysis) is 1. The molecule has 2 aromatic rings. The number of nitrogens with zero attached hydrogens (tertiary/aromatic N) is 1. The summed E-state index contributed by atoms with van der Waals surface area (Å²) in [6.45, 7) is 3.14. The van der Waals surface area contributed by atoms with Crippen LogP contribution in [-0.4, -0.2) is 91.1 Å². The molecule has 4 rings (SSSR count). The molecule has 0 aromatic heterocycles. The number of benzene rings is 2. The number of ether oxygens (including phenoxy) is 6. The lowest BCUT2D eigenvalue weighted by atomic mass is 9.94. The van der Waals surface area contributed by atoms with Gasteiger partial charge in [-0.3, -0.25) is 28.9 Å². The van der Waals surface area contributed by atoms with E-state index in [1.54, 1.807) is 12.1 Å². The normalized spacial score (nSPS) is 22.3. The van der Waals surface area contributed by atoms with E-state index in [0.29, 0.717) is 0 Å². The Morgan fingerprint density at radius 3 is 2.00 bits per heavy atom. The SMILES string of the molecule is CC(=O)OC[C@H]1O[C@@H](OCCCNC(=O)OCc2ccccc2)[C@H](N2C(=O)c3ccccc3C2=O)[C@@H](OC(C)=O)[C@@H]1OC(C)=O. The first-order valence-corrected chi connectivity index (χ1v) is 14.2. The number of carbonyl (C=O) groups excluding carboxylic acids is 6. The Morgan fingerprint density at radius 2 is 1.40 bits per heavy atom. The predicted molar refractivity (Wildman–Crippen MR) is 152 cm³/mol. The lowest BCUT2D eigenvalue weighted by Crippen LogP contribution is -2.67. The monoisotopic (exact) mass is 626 g/mol. The van der Waals surface area contributed by atoms with Crippen molar-refractivity contribution >= 4 is 35.8 Å². The molecular weight excluding hydrogens is 592 g/mol. The Bertz CT molecular complexity index is 1380. The number of carbonyl (C=O) groups is 6. The van der Waals surface area contributed by atoms with E-state index in [9.17, 15) is 28.8 Å². The van der Waals surface area contributed by atoms with Crippen molar-refractivity contribution in [3.05, 3.63) is 71.3 Å². The first kappa shape index (κ1) is 33.1. The molecule has 240 valence electrons. The fourth-order valence-corrected chi connectivity index (χ4v) is 5.01. The molecule has 0 spiro atoms. The highest BCUT2D eigenvalue weighted by molar-refractivity contribution is 6.21. The molecule has 45 heavy (non-hydrogen) atoms. The molecule has 5 atom stereocenters. The van der Waals surface area contributed by atoms with Gasteiger partial charge in [0, 0.05) is 27.3 Å². The number of amides is 3. The van der Waals surface area contributed by atoms with Crippen molar-refractivity contribution in [2.75, 3.05) is 19.8 Å². The van der Waals surface area contributed by atoms with Gasteiger partial charge in [0.25, 0.3) is 11.8 Å². The fourth-order valence-electron chi connectivity index (χ4n) is 5.01. The molecule has 3 amide bonds. The van der Waals surface area contributed by atoms with E-state index in [1.807, 2.05) is 30.3 Å². The summed E-state index contributed by atoms with van der Waals surface area (Å²) in [7, 11) is 0. The number of imide groups is 1. The van der Waals surface area contributed by atoms with Crippen LogP contribution in [0.15, 0.2) is 54.6 Å². The van der Waals surface area contributed by atoms with Crippen LogP contribution in [-0.2, 0) is 49.4 Å². The van der Waals surface area contributed by atoms with Gasteiger partial charge in [0.1, 0.15) is 25.4 Å². The second-order valence-corrected chi connectivity index (χ2v) is 10.2. The van der Waals surface area contributed by atoms with Gasteiger partial charge in [-0.05, 0) is 24.1 Å². The molecule has 0 aliphatic carbocycles. The van der Waals surface area contributed by atoms with Crippen LogP contribution in [0.4, 0.5) is 4.79 Å². The van der Waals surface area contributed by atoms with Gasteiger partial charge < -0.3 is 33.7 Å². The van der Waals surface area contributed by atoms with Crippen LogP contribution in [0.25, 0.3) is 0 Å². The summed E-state index contributed by atoms with van der Waals surface area (Å²) in [4.78, 5) is 76.1. The van der Waals surface area contributed by atoms with Crippen molar-refractivity contribution in [2.45, 2.75) is 64.4 Å². The summed E-state index contributed by atoms with van der Waals surface area (Å²) in [6, 6.07) is 13.9. The molecule has 0 unspecified atom stereocenters. The molecule has 2 heterocycles. The van der Waals surface area contributed by atoms with Crippen LogP contribution in [0.1, 0.15) is 53.5 Å². The summed E-state index contributed by atoms with van der Waals surface area (Å²) in [5.74, 6) is -3.63. The Kier molecular flexibility index (Phi) is 11.2. The maximum Gasteiger partial charge on any atom is 0.407 e. The van der Waals surface area contributed by atoms with E-state index < -0.39 is 73.1 Å². The molecule has 2 aliphatic heterocycles. The minimum Gasteiger partial charge on any atom is -0.463 e. The van der Waals surface area contributed by atoms with Crippen LogP contribution in [0.3, 0.4) is 0 Å². The minimum absolute atomic E-state index is 0.0609. The third-order valence-corrected chi connectivity index (χ3v) is 6.88. The highest BCUT2D eigenvalue weighted by Crippen LogP contribution is 2.35. The number of esters is 3. The summed E-state index contributed by atoms with van der Waals surface area (Å²) in [6.07, 6.45) is -5.87. The molecule has 1 N–H and O–H groups in total. The van der Waals surface area contributed by atoms with Gasteiger partial charge in [0.15, 0.2) is 18.5 Å². The highest BCUT2D eigenvalue weighted by atomic mass is 16.7. The molecule has 1 fully saturated rings. The van der Waals surface area contributed by atoms with Crippen LogP contribution >= 0.6 is 0 Å². The minimum atomic E-state index is -1.46. The summed E-state index contributed by atoms with van der Waals surface area (Å²) in [5.41, 5.74) is 1.06. The van der Waals surface area contributed by atoms with Gasteiger partial charge in [0.05, 0.1) is 17.7 Å². The lowest BCUT2D eigenvalue weighted by Gasteiger charge is -2.47. The molecule has 1 saturated heterocycles. The Labute approximate surface area is 258 Å². The summed E-state index contributed by atoms with van der Waals surface area (Å²) < 4.78 is 33.4. The highest BCUT2D eigenvalue weighted by Gasteiger charge is 2.57. The maximum atomic E-state index is 13.5. The molecule has 0 bridgehead atoms. The number of rotatable bonds is 12. The zero-order chi connectivity index (χ0) is 32.5. The summed E-state index contributed by atoms with van der Waals surface area (Å²) >= 11 is 0. The topological polar surface area (TPSA) is 173 Å². The van der Waals surface area contributed by atoms with E-state index in [4.69, 9.17) is 28.4 Å². The molecule has 0 saturated carbocycles. The van der Waals surface area contributed by atoms with Crippen LogP contribution in [0.5, 0.6) is 0 Å². The van der Waals surface area contributed by atoms with E-state index in [0.717, 1.165) is 24.3 Å². The van der Waals surface area contributed by atoms with Crippen molar-refractivity contribution in [3.63, 3.8) is 0 Å². The van der Waals surface area contributed by atoms with E-state index in [-0.39, 0.29) is 37.3 Å². The van der Waals surface area contributed by atoms with Gasteiger partial charge in [-0.25, -0.2) is 4.79 Å². The average Bonchev–Trinajstić information content (AvgIpc) is 3.25. The largest absolute Gasteiger partial charge is 0.463 e. The number of hydrogen-bond donors (Lipinski definition) is 1. The van der Waals surface area contributed by atoms with E-state index >= 15 is 0 Å². The molecule has 14 nitrogen and oxygen atoms in total. The fraction of sp³-hybridized carbons (Fsp3) is 0.419. The zero-order valence-electron chi connectivity index (χ0n) is 25.0. The molecule has 2 aromatic carbocycles. The lowest BCUT2D eigenvalue weighted by molar-refractivity contribution is -0.286. The molecule has 14 heteroatoms. The first-order valence-electron chi connectivity index (χ1n) is 14.2. The van der Waals surface area contributed by atoms with Gasteiger partial charge >= 0.3 is 24.0 Å². The first-order chi connectivity index (χ1) is 21.6. The van der Waals surface area contributed by atoms with Gasteiger partial charge in [-0.15, -0.1) is 0 Å². The number of hydrogen-bond acceptors (Lipinski definition) is 12. The zero-order valence-corrected chi connectivity index (χ0v) is 25.0. The quantitative estimate of drug-likeness (QED) is 0.158. The van der Waals surface area contributed by atoms with Gasteiger partial charge in [-0.1, -0.05) is 42.5 Å². The van der Waals surface area contributed by atoms with Gasteiger partial charge in [0.2, 0.25) is 0 Å². The van der Waals surface area contributed by atoms with Crippen molar-refractivity contribution < 1.29 is 57.2 Å². The maximum absolute atomic E-state index is 13.5. The Morgan fingerprint density at radius 1 is 0.800 bits per heavy atom. The van der Waals surface area contributed by atoms with Crippen molar-refractivity contribution in [1.82, 2.24) is 10.2 Å². The smallest absolute Gasteiger partial charge is 0.407 e. The molecule has 0 radical (unpaired) electrons. The molecule has 2 aliphatic rings. The molecular formula is C31H34N2O12. The predicted octanol–water partition coefficient (Wildman–Crippen LogP) is 2.14. The van der Waals surface area contributed by atoms with Crippen LogP contribution in [0, 0.1) is 0 Å². The number of fused-ring (bicyclic) bond motifs is 1. The Hall–Kier alpha value is -4.82. The van der Waals surface area contributed by atoms with Crippen LogP contribution in [0.2, 0.25) is 0 Å². The van der Waals surface area contributed by atoms with Crippen molar-refractivity contribution in [3.8, 4) is 0 Å². The third-order valence-electron chi connectivity index (χ3n) is 6.88. The van der Waals surface area contributed by atoms with Crippen molar-refractivity contribution in [2.24, 2.45) is 0 Å². The van der Waals surface area contributed by atoms with E-state index in [2.05, 4.69) is 5.32 Å². The second-order valence-electron chi connectivity index (χ2n) is 10.2.